The number of hydrogen-bond donors (Lipinski definition) is 2. The highest BCUT2D eigenvalue weighted by molar-refractivity contribution is 5.80. The van der Waals surface area contributed by atoms with Crippen LogP contribution in [0.25, 0.3) is 0 Å². The second-order valence-corrected chi connectivity index (χ2v) is 4.23. The summed E-state index contributed by atoms with van der Waals surface area (Å²) in [5.41, 5.74) is 5.42. The minimum atomic E-state index is 0.0769. The molecule has 1 atom stereocenters. The zero-order valence-corrected chi connectivity index (χ0v) is 10.1. The van der Waals surface area contributed by atoms with Crippen LogP contribution in [0.5, 0.6) is 0 Å². The van der Waals surface area contributed by atoms with Gasteiger partial charge in [-0.3, -0.25) is 0 Å². The number of nitrogens with two attached hydrogens (primary N) is 1. The van der Waals surface area contributed by atoms with Gasteiger partial charge < -0.3 is 15.7 Å². The van der Waals surface area contributed by atoms with Crippen LogP contribution in [0.4, 0.5) is 0 Å². The zero-order valence-electron chi connectivity index (χ0n) is 10.1. The standard InChI is InChI=1S/C11H24N2O2/c1-4-10(8-11(12)13-14)15-7-5-6-9(2)3/h9-10,14H,4-8H2,1-3H3,(H2,12,13). The lowest BCUT2D eigenvalue weighted by Crippen LogP contribution is -2.23. The maximum atomic E-state index is 8.43. The summed E-state index contributed by atoms with van der Waals surface area (Å²) in [7, 11) is 0. The van der Waals surface area contributed by atoms with Gasteiger partial charge in [0.1, 0.15) is 5.84 Å². The monoisotopic (exact) mass is 216 g/mol. The van der Waals surface area contributed by atoms with Gasteiger partial charge in [0, 0.05) is 13.0 Å². The second-order valence-electron chi connectivity index (χ2n) is 4.23. The van der Waals surface area contributed by atoms with Crippen molar-refractivity contribution in [3.05, 3.63) is 0 Å². The minimum absolute atomic E-state index is 0.0769. The Balaban J connectivity index is 3.62. The lowest BCUT2D eigenvalue weighted by molar-refractivity contribution is 0.0512. The predicted octanol–water partition coefficient (Wildman–Crippen LogP) is 2.35. The van der Waals surface area contributed by atoms with E-state index >= 15 is 0 Å². The Morgan fingerprint density at radius 2 is 2.13 bits per heavy atom. The van der Waals surface area contributed by atoms with Gasteiger partial charge >= 0.3 is 0 Å². The van der Waals surface area contributed by atoms with Crippen LogP contribution < -0.4 is 5.73 Å². The van der Waals surface area contributed by atoms with E-state index < -0.39 is 0 Å². The van der Waals surface area contributed by atoms with Crippen LogP contribution in [0.1, 0.15) is 46.5 Å². The van der Waals surface area contributed by atoms with Crippen molar-refractivity contribution in [3.8, 4) is 0 Å². The molecule has 0 fully saturated rings. The summed E-state index contributed by atoms with van der Waals surface area (Å²) >= 11 is 0. The molecule has 0 aliphatic carbocycles. The van der Waals surface area contributed by atoms with Crippen molar-refractivity contribution in [2.45, 2.75) is 52.6 Å². The molecule has 0 aliphatic rings. The van der Waals surface area contributed by atoms with Crippen molar-refractivity contribution in [1.29, 1.82) is 0 Å². The summed E-state index contributed by atoms with van der Waals surface area (Å²) in [5.74, 6) is 0.962. The van der Waals surface area contributed by atoms with E-state index in [-0.39, 0.29) is 11.9 Å². The van der Waals surface area contributed by atoms with E-state index in [1.54, 1.807) is 0 Å². The summed E-state index contributed by atoms with van der Waals surface area (Å²) in [4.78, 5) is 0. The van der Waals surface area contributed by atoms with Gasteiger partial charge in [-0.2, -0.15) is 0 Å². The van der Waals surface area contributed by atoms with E-state index in [1.807, 2.05) is 6.92 Å². The van der Waals surface area contributed by atoms with Crippen molar-refractivity contribution in [3.63, 3.8) is 0 Å². The average molecular weight is 216 g/mol. The molecule has 1 unspecified atom stereocenters. The molecule has 0 rings (SSSR count). The van der Waals surface area contributed by atoms with Crippen LogP contribution in [-0.4, -0.2) is 23.8 Å². The highest BCUT2D eigenvalue weighted by Crippen LogP contribution is 2.08. The van der Waals surface area contributed by atoms with Crippen LogP contribution in [-0.2, 0) is 4.74 Å². The summed E-state index contributed by atoms with van der Waals surface area (Å²) in [6.45, 7) is 7.20. The predicted molar refractivity (Wildman–Crippen MR) is 62.1 cm³/mol. The molecule has 0 aliphatic heterocycles. The van der Waals surface area contributed by atoms with Gasteiger partial charge in [0.05, 0.1) is 6.10 Å². The summed E-state index contributed by atoms with van der Waals surface area (Å²) in [6, 6.07) is 0. The van der Waals surface area contributed by atoms with E-state index in [0.717, 1.165) is 25.4 Å². The Hall–Kier alpha value is -0.770. The fraction of sp³-hybridized carbons (Fsp3) is 0.909. The smallest absolute Gasteiger partial charge is 0.141 e. The first-order valence-electron chi connectivity index (χ1n) is 5.68. The summed E-state index contributed by atoms with van der Waals surface area (Å²) in [6.07, 6.45) is 3.73. The summed E-state index contributed by atoms with van der Waals surface area (Å²) in [5, 5.41) is 11.4. The van der Waals surface area contributed by atoms with Crippen LogP contribution in [0.15, 0.2) is 5.16 Å². The van der Waals surface area contributed by atoms with E-state index in [9.17, 15) is 0 Å². The number of oxime groups is 1. The quantitative estimate of drug-likeness (QED) is 0.215. The molecule has 0 aromatic rings. The lowest BCUT2D eigenvalue weighted by Gasteiger charge is -2.15. The summed E-state index contributed by atoms with van der Waals surface area (Å²) < 4.78 is 5.64. The molecule has 0 spiro atoms. The molecule has 0 aromatic carbocycles. The van der Waals surface area contributed by atoms with Crippen molar-refractivity contribution in [2.24, 2.45) is 16.8 Å². The van der Waals surface area contributed by atoms with Crippen LogP contribution in [0, 0.1) is 5.92 Å². The first-order chi connectivity index (χ1) is 7.10. The van der Waals surface area contributed by atoms with Gasteiger partial charge in [-0.15, -0.1) is 0 Å². The first kappa shape index (κ1) is 14.2. The molecule has 0 radical (unpaired) electrons. The number of ether oxygens (including phenoxy) is 1. The van der Waals surface area contributed by atoms with Crippen molar-refractivity contribution >= 4 is 5.84 Å². The molecule has 15 heavy (non-hydrogen) atoms. The molecular formula is C11H24N2O2. The number of hydrogen-bond acceptors (Lipinski definition) is 3. The van der Waals surface area contributed by atoms with Gasteiger partial charge in [0.25, 0.3) is 0 Å². The molecule has 90 valence electrons. The molecule has 0 heterocycles. The Morgan fingerprint density at radius 1 is 1.47 bits per heavy atom. The Bertz CT molecular complexity index is 181. The second kappa shape index (κ2) is 8.53. The van der Waals surface area contributed by atoms with Gasteiger partial charge in [-0.25, -0.2) is 0 Å². The fourth-order valence-electron chi connectivity index (χ4n) is 1.34. The largest absolute Gasteiger partial charge is 0.409 e. The molecular weight excluding hydrogens is 192 g/mol. The SMILES string of the molecule is CCC(C/C(N)=N/O)OCCCC(C)C. The molecule has 4 nitrogen and oxygen atoms in total. The Labute approximate surface area is 92.5 Å². The molecule has 0 saturated heterocycles. The van der Waals surface area contributed by atoms with Gasteiger partial charge in [-0.1, -0.05) is 25.9 Å². The fourth-order valence-corrected chi connectivity index (χ4v) is 1.34. The van der Waals surface area contributed by atoms with Crippen molar-refractivity contribution in [1.82, 2.24) is 0 Å². The maximum Gasteiger partial charge on any atom is 0.141 e. The van der Waals surface area contributed by atoms with Gasteiger partial charge in [0.15, 0.2) is 0 Å². The normalized spacial score (nSPS) is 14.5. The van der Waals surface area contributed by atoms with Crippen LogP contribution >= 0.6 is 0 Å². The van der Waals surface area contributed by atoms with Gasteiger partial charge in [0.2, 0.25) is 0 Å². The van der Waals surface area contributed by atoms with E-state index in [1.165, 1.54) is 6.42 Å². The van der Waals surface area contributed by atoms with Crippen LogP contribution in [0.2, 0.25) is 0 Å². The third-order valence-electron chi connectivity index (χ3n) is 2.30. The van der Waals surface area contributed by atoms with E-state index in [0.29, 0.717) is 6.42 Å². The number of amidine groups is 1. The number of nitrogens with zero attached hydrogens (tertiary/aromatic N) is 1. The number of rotatable bonds is 8. The zero-order chi connectivity index (χ0) is 11.7. The molecule has 3 N–H and O–H groups in total. The topological polar surface area (TPSA) is 67.8 Å². The Kier molecular flexibility index (Phi) is 8.09. The molecule has 0 bridgehead atoms. The molecule has 0 aromatic heterocycles. The van der Waals surface area contributed by atoms with Crippen molar-refractivity contribution in [2.75, 3.05) is 6.61 Å². The third-order valence-corrected chi connectivity index (χ3v) is 2.30. The molecule has 0 amide bonds. The Morgan fingerprint density at radius 3 is 2.60 bits per heavy atom. The maximum absolute atomic E-state index is 8.43. The highest BCUT2D eigenvalue weighted by atomic mass is 16.5. The van der Waals surface area contributed by atoms with Crippen LogP contribution in [0.3, 0.4) is 0 Å². The average Bonchev–Trinajstić information content (AvgIpc) is 2.21. The third kappa shape index (κ3) is 8.24. The molecule has 0 saturated carbocycles. The van der Waals surface area contributed by atoms with E-state index in [4.69, 9.17) is 15.7 Å². The lowest BCUT2D eigenvalue weighted by atomic mass is 10.1. The highest BCUT2D eigenvalue weighted by Gasteiger charge is 2.09. The van der Waals surface area contributed by atoms with Gasteiger partial charge in [-0.05, 0) is 25.2 Å². The minimum Gasteiger partial charge on any atom is -0.409 e. The van der Waals surface area contributed by atoms with Crippen molar-refractivity contribution < 1.29 is 9.94 Å². The van der Waals surface area contributed by atoms with E-state index in [2.05, 4.69) is 19.0 Å². The molecule has 4 heteroatoms. The first-order valence-corrected chi connectivity index (χ1v) is 5.68.